The summed E-state index contributed by atoms with van der Waals surface area (Å²) >= 11 is 0. The van der Waals surface area contributed by atoms with Gasteiger partial charge in [0.05, 0.1) is 0 Å². The fraction of sp³-hybridized carbons (Fsp3) is 0.556. The maximum Gasteiger partial charge on any atom is 0.438 e. The van der Waals surface area contributed by atoms with Crippen LogP contribution in [0.2, 0.25) is 0 Å². The minimum absolute atomic E-state index is 0.408. The van der Waals surface area contributed by atoms with E-state index in [2.05, 4.69) is 0 Å². The Bertz CT molecular complexity index is 300. The molecule has 0 amide bonds. The summed E-state index contributed by atoms with van der Waals surface area (Å²) < 4.78 is 72.1. The van der Waals surface area contributed by atoms with E-state index >= 15 is 0 Å². The van der Waals surface area contributed by atoms with E-state index in [1.165, 1.54) is 12.0 Å². The molecule has 1 N–H and O–H groups in total. The number of rotatable bonds is 1. The van der Waals surface area contributed by atoms with Crippen LogP contribution in [-0.2, 0) is 0 Å². The molecule has 0 bridgehead atoms. The van der Waals surface area contributed by atoms with Gasteiger partial charge in [-0.05, 0) is 18.4 Å². The Labute approximate surface area is 87.8 Å². The molecule has 0 saturated carbocycles. The fourth-order valence-electron chi connectivity index (χ4n) is 0.625. The monoisotopic (exact) mass is 246 g/mol. The summed E-state index contributed by atoms with van der Waals surface area (Å²) in [5.74, 6) is 2.30. The summed E-state index contributed by atoms with van der Waals surface area (Å²) in [5, 5.41) is 8.53. The van der Waals surface area contributed by atoms with Gasteiger partial charge in [0.25, 0.3) is 0 Å². The molecule has 0 saturated heterocycles. The number of allylic oxidation sites excluding steroid dienone is 2. The zero-order valence-electron chi connectivity index (χ0n) is 8.08. The summed E-state index contributed by atoms with van der Waals surface area (Å²) in [5.41, 5.74) is -4.99. The van der Waals surface area contributed by atoms with Gasteiger partial charge in [0.15, 0.2) is 0 Å². The molecule has 0 aliphatic carbocycles. The molecule has 0 radical (unpaired) electrons. The van der Waals surface area contributed by atoms with Gasteiger partial charge >= 0.3 is 18.0 Å². The van der Waals surface area contributed by atoms with Crippen molar-refractivity contribution in [3.63, 3.8) is 0 Å². The van der Waals surface area contributed by atoms with Crippen molar-refractivity contribution in [1.29, 1.82) is 0 Å². The van der Waals surface area contributed by atoms with Crippen LogP contribution in [0, 0.1) is 11.8 Å². The van der Waals surface area contributed by atoms with E-state index in [0.29, 0.717) is 6.42 Å². The fourth-order valence-corrected chi connectivity index (χ4v) is 0.625. The predicted octanol–water partition coefficient (Wildman–Crippen LogP) is 2.81. The van der Waals surface area contributed by atoms with E-state index < -0.39 is 18.0 Å². The first-order valence-corrected chi connectivity index (χ1v) is 4.09. The van der Waals surface area contributed by atoms with Crippen LogP contribution < -0.4 is 0 Å². The number of aliphatic hydroxyl groups is 1. The van der Waals surface area contributed by atoms with E-state index in [1.54, 1.807) is 6.92 Å². The Hall–Kier alpha value is -1.16. The third kappa shape index (κ3) is 3.17. The maximum atomic E-state index is 12.0. The zero-order chi connectivity index (χ0) is 13.0. The topological polar surface area (TPSA) is 20.2 Å². The quantitative estimate of drug-likeness (QED) is 0.557. The highest BCUT2D eigenvalue weighted by Gasteiger charge is 2.70. The third-order valence-electron chi connectivity index (χ3n) is 1.51. The lowest BCUT2D eigenvalue weighted by molar-refractivity contribution is -0.343. The molecule has 0 fully saturated rings. The Kier molecular flexibility index (Phi) is 4.44. The van der Waals surface area contributed by atoms with Gasteiger partial charge < -0.3 is 5.11 Å². The SMILES string of the molecule is CC/C=C/C#CC(O)(C(F)(F)F)C(F)(F)F. The second kappa shape index (κ2) is 4.78. The van der Waals surface area contributed by atoms with Crippen molar-refractivity contribution in [2.75, 3.05) is 0 Å². The molecule has 0 aromatic rings. The summed E-state index contributed by atoms with van der Waals surface area (Å²) in [6.45, 7) is 1.62. The molecule has 0 spiro atoms. The second-order valence-corrected chi connectivity index (χ2v) is 2.79. The standard InChI is InChI=1S/C9H8F6O/c1-2-3-4-5-6-7(16,8(10,11)12)9(13,14)15/h3-4,16H,2H2,1H3/b4-3+. The first-order valence-electron chi connectivity index (χ1n) is 4.09. The molecule has 16 heavy (non-hydrogen) atoms. The average Bonchev–Trinajstić information content (AvgIpc) is 2.08. The van der Waals surface area contributed by atoms with E-state index in [9.17, 15) is 26.3 Å². The van der Waals surface area contributed by atoms with Crippen molar-refractivity contribution in [1.82, 2.24) is 0 Å². The van der Waals surface area contributed by atoms with E-state index in [0.717, 1.165) is 12.0 Å². The van der Waals surface area contributed by atoms with Gasteiger partial charge in [-0.15, -0.1) is 0 Å². The van der Waals surface area contributed by atoms with Crippen molar-refractivity contribution in [3.05, 3.63) is 12.2 Å². The minimum Gasteiger partial charge on any atom is -0.363 e. The smallest absolute Gasteiger partial charge is 0.363 e. The van der Waals surface area contributed by atoms with Crippen LogP contribution in [0.25, 0.3) is 0 Å². The van der Waals surface area contributed by atoms with Crippen molar-refractivity contribution in [3.8, 4) is 11.8 Å². The molecule has 0 aliphatic heterocycles. The van der Waals surface area contributed by atoms with Gasteiger partial charge in [0.2, 0.25) is 0 Å². The first kappa shape index (κ1) is 14.8. The number of alkyl halides is 6. The highest BCUT2D eigenvalue weighted by Crippen LogP contribution is 2.42. The highest BCUT2D eigenvalue weighted by molar-refractivity contribution is 5.26. The molecule has 0 aliphatic rings. The van der Waals surface area contributed by atoms with Crippen LogP contribution in [0.1, 0.15) is 13.3 Å². The molecule has 0 unspecified atom stereocenters. The van der Waals surface area contributed by atoms with Gasteiger partial charge in [-0.2, -0.15) is 26.3 Å². The Balaban J connectivity index is 5.27. The summed E-state index contributed by atoms with van der Waals surface area (Å²) in [6.07, 6.45) is -9.29. The molecular formula is C9H8F6O. The molecule has 7 heteroatoms. The van der Waals surface area contributed by atoms with Crippen molar-refractivity contribution in [2.45, 2.75) is 31.3 Å². The number of halogens is 6. The Morgan fingerprint density at radius 1 is 1.06 bits per heavy atom. The number of hydrogen-bond donors (Lipinski definition) is 1. The van der Waals surface area contributed by atoms with Crippen LogP contribution >= 0.6 is 0 Å². The Morgan fingerprint density at radius 3 is 1.81 bits per heavy atom. The number of hydrogen-bond acceptors (Lipinski definition) is 1. The van der Waals surface area contributed by atoms with Gasteiger partial charge in [-0.25, -0.2) is 0 Å². The first-order chi connectivity index (χ1) is 7.06. The van der Waals surface area contributed by atoms with E-state index in [1.807, 2.05) is 0 Å². The van der Waals surface area contributed by atoms with Crippen molar-refractivity contribution in [2.24, 2.45) is 0 Å². The van der Waals surface area contributed by atoms with E-state index in [4.69, 9.17) is 5.11 Å². The van der Waals surface area contributed by atoms with Crippen LogP contribution in [0.15, 0.2) is 12.2 Å². The molecule has 0 aromatic carbocycles. The lowest BCUT2D eigenvalue weighted by Crippen LogP contribution is -2.55. The average molecular weight is 246 g/mol. The lowest BCUT2D eigenvalue weighted by Gasteiger charge is -2.27. The van der Waals surface area contributed by atoms with Crippen LogP contribution in [0.4, 0.5) is 26.3 Å². The summed E-state index contributed by atoms with van der Waals surface area (Å²) in [7, 11) is 0. The third-order valence-corrected chi connectivity index (χ3v) is 1.51. The molecule has 92 valence electrons. The zero-order valence-corrected chi connectivity index (χ0v) is 8.08. The largest absolute Gasteiger partial charge is 0.438 e. The van der Waals surface area contributed by atoms with Gasteiger partial charge in [0, 0.05) is 0 Å². The van der Waals surface area contributed by atoms with Crippen molar-refractivity contribution < 1.29 is 31.4 Å². The molecule has 0 rings (SSSR count). The normalized spacial score (nSPS) is 13.8. The second-order valence-electron chi connectivity index (χ2n) is 2.79. The molecule has 0 aromatic heterocycles. The van der Waals surface area contributed by atoms with Crippen LogP contribution in [0.5, 0.6) is 0 Å². The molecular weight excluding hydrogens is 238 g/mol. The lowest BCUT2D eigenvalue weighted by atomic mass is 10.0. The van der Waals surface area contributed by atoms with Gasteiger partial charge in [-0.3, -0.25) is 0 Å². The van der Waals surface area contributed by atoms with Gasteiger partial charge in [0.1, 0.15) is 0 Å². The predicted molar refractivity (Wildman–Crippen MR) is 44.3 cm³/mol. The van der Waals surface area contributed by atoms with Crippen LogP contribution in [-0.4, -0.2) is 23.1 Å². The summed E-state index contributed by atoms with van der Waals surface area (Å²) in [6, 6.07) is 0. The Morgan fingerprint density at radius 2 is 1.50 bits per heavy atom. The highest BCUT2D eigenvalue weighted by atomic mass is 19.4. The van der Waals surface area contributed by atoms with Gasteiger partial charge in [-0.1, -0.05) is 18.9 Å². The summed E-state index contributed by atoms with van der Waals surface area (Å²) in [4.78, 5) is 0. The molecule has 0 atom stereocenters. The van der Waals surface area contributed by atoms with E-state index in [-0.39, 0.29) is 0 Å². The van der Waals surface area contributed by atoms with Crippen molar-refractivity contribution >= 4 is 0 Å². The maximum absolute atomic E-state index is 12.0. The molecule has 0 heterocycles. The minimum atomic E-state index is -5.89. The van der Waals surface area contributed by atoms with Crippen LogP contribution in [0.3, 0.4) is 0 Å². The molecule has 1 nitrogen and oxygen atoms in total.